The van der Waals surface area contributed by atoms with Crippen molar-refractivity contribution in [2.45, 2.75) is 62.6 Å². The molecule has 12 rings (SSSR count). The van der Waals surface area contributed by atoms with Gasteiger partial charge in [-0.25, -0.2) is 0 Å². The van der Waals surface area contributed by atoms with E-state index < -0.39 is 11.2 Å². The molecule has 6 aromatic heterocycles. The van der Waals surface area contributed by atoms with Gasteiger partial charge in [-0.2, -0.15) is 0 Å². The minimum atomic E-state index is -1.48. The van der Waals surface area contributed by atoms with Gasteiger partial charge in [0, 0.05) is 96.9 Å². The summed E-state index contributed by atoms with van der Waals surface area (Å²) in [6.45, 7) is 0. The second-order valence-corrected chi connectivity index (χ2v) is 21.4. The number of aromatic nitrogens is 6. The van der Waals surface area contributed by atoms with Gasteiger partial charge in [0.05, 0.1) is 22.8 Å². The zero-order valence-electron chi connectivity index (χ0n) is 46.5. The summed E-state index contributed by atoms with van der Waals surface area (Å²) in [6.07, 6.45) is 4.22. The van der Waals surface area contributed by atoms with Crippen LogP contribution in [0, 0.1) is 0 Å². The Balaban J connectivity index is 1.14. The average Bonchev–Trinajstić information content (AvgIpc) is 3.61. The summed E-state index contributed by atoms with van der Waals surface area (Å²) in [4.78, 5) is 34.1. The van der Waals surface area contributed by atoms with E-state index in [9.17, 15) is 0 Å². The van der Waals surface area contributed by atoms with Crippen LogP contribution in [0.2, 0.25) is 0 Å². The highest BCUT2D eigenvalue weighted by atomic mass is 16.5. The minimum absolute atomic E-state index is 0.246. The van der Waals surface area contributed by atoms with Crippen molar-refractivity contribution in [2.24, 2.45) is 0 Å². The van der Waals surface area contributed by atoms with Crippen LogP contribution in [0.4, 0.5) is 0 Å². The molecule has 0 amide bonds. The lowest BCUT2D eigenvalue weighted by Crippen LogP contribution is -2.48. The lowest BCUT2D eigenvalue weighted by molar-refractivity contribution is -0.135. The van der Waals surface area contributed by atoms with Gasteiger partial charge in [0.2, 0.25) is 0 Å². The maximum absolute atomic E-state index is 8.79. The van der Waals surface area contributed by atoms with Crippen molar-refractivity contribution in [1.29, 1.82) is 0 Å². The monoisotopic (exact) mass is 1080 g/mol. The van der Waals surface area contributed by atoms with Gasteiger partial charge in [-0.15, -0.1) is 0 Å². The zero-order chi connectivity index (χ0) is 55.9. The van der Waals surface area contributed by atoms with E-state index in [1.807, 2.05) is 0 Å². The fourth-order valence-corrected chi connectivity index (χ4v) is 11.2. The van der Waals surface area contributed by atoms with Crippen LogP contribution in [-0.2, 0) is 67.3 Å². The highest BCUT2D eigenvalue weighted by Gasteiger charge is 2.51. The molecule has 7 heteroatoms. The molecule has 0 saturated heterocycles. The molecule has 0 unspecified atom stereocenters. The molecule has 7 nitrogen and oxygen atoms in total. The Morgan fingerprint density at radius 2 is 0.386 bits per heavy atom. The highest BCUT2D eigenvalue weighted by Crippen LogP contribution is 2.47. The Labute approximate surface area is 487 Å². The number of benzene rings is 6. The minimum Gasteiger partial charge on any atom is -0.342 e. The van der Waals surface area contributed by atoms with Crippen molar-refractivity contribution >= 4 is 0 Å². The number of hydrogen-bond donors (Lipinski definition) is 0. The Kier molecular flexibility index (Phi) is 16.7. The molecule has 0 bridgehead atoms. The predicted octanol–water partition coefficient (Wildman–Crippen LogP) is 15.3. The van der Waals surface area contributed by atoms with Crippen molar-refractivity contribution in [3.05, 3.63) is 393 Å². The standard InChI is InChI=1S/C76H64N6O/c1-7-25-57(26-8-1)49-63-37-19-43-69(77-63)55-75(71-45-21-39-65(79-71)51-59-29-11-3-12-30-59,72-46-22-40-66(80-72)52-60-31-13-4-14-32-60)83-76(73-47-23-41-67(81-73)53-61-33-15-5-16-34-61,74-48-24-42-68(82-74)54-62-35-17-6-18-36-62)56-70-44-20-38-64(78-70)50-58-27-9-2-10-28-58/h1-48H,49-56H2. The molecule has 6 aromatic carbocycles. The number of pyridine rings is 6. The third kappa shape index (κ3) is 13.5. The SMILES string of the molecule is c1ccc(Cc2cccc(CC(OC(Cc3cccc(Cc4ccccc4)n3)(c3cccc(Cc4ccccc4)n3)c3cccc(Cc4ccccc4)n3)(c3cccc(Cc4ccccc4)n3)c3cccc(Cc4ccccc4)n3)n2)cc1. The molecular formula is C76H64N6O. The Morgan fingerprint density at radius 3 is 0.614 bits per heavy atom. The Bertz CT molecular complexity index is 3580. The normalized spacial score (nSPS) is 11.6. The maximum Gasteiger partial charge on any atom is 0.159 e. The summed E-state index contributed by atoms with van der Waals surface area (Å²) in [5.74, 6) is 0. The predicted molar refractivity (Wildman–Crippen MR) is 331 cm³/mol. The van der Waals surface area contributed by atoms with Crippen LogP contribution in [0.25, 0.3) is 0 Å². The molecule has 404 valence electrons. The fraction of sp³-hybridized carbons (Fsp3) is 0.132. The van der Waals surface area contributed by atoms with E-state index in [0.29, 0.717) is 61.3 Å². The van der Waals surface area contributed by atoms with Crippen molar-refractivity contribution in [3.63, 3.8) is 0 Å². The van der Waals surface area contributed by atoms with Crippen LogP contribution in [0.1, 0.15) is 102 Å². The first-order valence-electron chi connectivity index (χ1n) is 28.7. The van der Waals surface area contributed by atoms with Crippen LogP contribution in [0.15, 0.2) is 291 Å². The van der Waals surface area contributed by atoms with Gasteiger partial charge in [-0.1, -0.05) is 218 Å². The first-order chi connectivity index (χ1) is 41.0. The molecule has 0 spiro atoms. The topological polar surface area (TPSA) is 86.6 Å². The zero-order valence-corrected chi connectivity index (χ0v) is 46.5. The van der Waals surface area contributed by atoms with E-state index in [-0.39, 0.29) is 12.8 Å². The molecule has 12 aromatic rings. The molecule has 0 fully saturated rings. The summed E-state index contributed by atoms with van der Waals surface area (Å²) in [6, 6.07) is 101. The third-order valence-electron chi connectivity index (χ3n) is 15.2. The molecule has 0 aliphatic heterocycles. The molecule has 0 aliphatic rings. The Hall–Kier alpha value is -9.82. The van der Waals surface area contributed by atoms with Crippen LogP contribution in [0.5, 0.6) is 0 Å². The summed E-state index contributed by atoms with van der Waals surface area (Å²) in [7, 11) is 0. The second-order valence-electron chi connectivity index (χ2n) is 21.4. The highest BCUT2D eigenvalue weighted by molar-refractivity contribution is 5.41. The summed E-state index contributed by atoms with van der Waals surface area (Å²) in [5, 5.41) is 0. The van der Waals surface area contributed by atoms with E-state index in [1.165, 1.54) is 11.1 Å². The Morgan fingerprint density at radius 1 is 0.193 bits per heavy atom. The van der Waals surface area contributed by atoms with Crippen LogP contribution in [0.3, 0.4) is 0 Å². The van der Waals surface area contributed by atoms with Crippen molar-refractivity contribution in [3.8, 4) is 0 Å². The smallest absolute Gasteiger partial charge is 0.159 e. The van der Waals surface area contributed by atoms with Gasteiger partial charge in [-0.3, -0.25) is 29.9 Å². The van der Waals surface area contributed by atoms with E-state index in [0.717, 1.165) is 67.8 Å². The summed E-state index contributed by atoms with van der Waals surface area (Å²) in [5.41, 5.74) is 13.8. The molecule has 6 heterocycles. The number of hydrogen-bond acceptors (Lipinski definition) is 7. The molecule has 0 radical (unpaired) electrons. The van der Waals surface area contributed by atoms with Crippen LogP contribution >= 0.6 is 0 Å². The summed E-state index contributed by atoms with van der Waals surface area (Å²) >= 11 is 0. The average molecular weight is 1080 g/mol. The second kappa shape index (κ2) is 25.7. The van der Waals surface area contributed by atoms with Gasteiger partial charge >= 0.3 is 0 Å². The van der Waals surface area contributed by atoms with Gasteiger partial charge in [0.1, 0.15) is 0 Å². The van der Waals surface area contributed by atoms with Crippen molar-refractivity contribution in [2.75, 3.05) is 0 Å². The van der Waals surface area contributed by atoms with Crippen LogP contribution < -0.4 is 0 Å². The first-order valence-corrected chi connectivity index (χ1v) is 28.7. The quantitative estimate of drug-likeness (QED) is 0.0668. The molecule has 0 aliphatic carbocycles. The van der Waals surface area contributed by atoms with Gasteiger partial charge in [-0.05, 0) is 106 Å². The van der Waals surface area contributed by atoms with Gasteiger partial charge in [0.15, 0.2) is 11.2 Å². The van der Waals surface area contributed by atoms with Gasteiger partial charge in [0.25, 0.3) is 0 Å². The molecular weight excluding hydrogens is 1010 g/mol. The lowest BCUT2D eigenvalue weighted by Gasteiger charge is -2.43. The van der Waals surface area contributed by atoms with E-state index in [1.54, 1.807) is 0 Å². The number of rotatable bonds is 22. The fourth-order valence-electron chi connectivity index (χ4n) is 11.2. The number of ether oxygens (including phenoxy) is 1. The number of nitrogens with zero attached hydrogens (tertiary/aromatic N) is 6. The maximum atomic E-state index is 8.79. The van der Waals surface area contributed by atoms with E-state index in [2.05, 4.69) is 291 Å². The largest absolute Gasteiger partial charge is 0.342 e. The van der Waals surface area contributed by atoms with Crippen molar-refractivity contribution < 1.29 is 4.74 Å². The van der Waals surface area contributed by atoms with Crippen LogP contribution in [-0.4, -0.2) is 29.9 Å². The summed E-state index contributed by atoms with van der Waals surface area (Å²) < 4.78 is 8.79. The van der Waals surface area contributed by atoms with E-state index >= 15 is 0 Å². The first kappa shape index (κ1) is 53.8. The third-order valence-corrected chi connectivity index (χ3v) is 15.2. The van der Waals surface area contributed by atoms with E-state index in [4.69, 9.17) is 34.6 Å². The molecule has 0 N–H and O–H groups in total. The molecule has 0 saturated carbocycles. The molecule has 0 atom stereocenters. The van der Waals surface area contributed by atoms with Crippen molar-refractivity contribution in [1.82, 2.24) is 29.9 Å². The molecule has 83 heavy (non-hydrogen) atoms. The lowest BCUT2D eigenvalue weighted by atomic mass is 9.82. The van der Waals surface area contributed by atoms with Gasteiger partial charge < -0.3 is 4.74 Å².